The van der Waals surface area contributed by atoms with E-state index < -0.39 is 0 Å². The summed E-state index contributed by atoms with van der Waals surface area (Å²) >= 11 is 0. The summed E-state index contributed by atoms with van der Waals surface area (Å²) in [6, 6.07) is 0.371. The lowest BCUT2D eigenvalue weighted by molar-refractivity contribution is 0.0858. The summed E-state index contributed by atoms with van der Waals surface area (Å²) in [5.41, 5.74) is 5.99. The molecule has 3 atom stereocenters. The summed E-state index contributed by atoms with van der Waals surface area (Å²) in [5.74, 6) is 0.618. The fourth-order valence-corrected chi connectivity index (χ4v) is 2.10. The highest BCUT2D eigenvalue weighted by Crippen LogP contribution is 2.18. The predicted molar refractivity (Wildman–Crippen MR) is 54.5 cm³/mol. The van der Waals surface area contributed by atoms with Gasteiger partial charge in [-0.15, -0.1) is 0 Å². The molecular formula is C10H22N2O. The molecule has 0 aromatic carbocycles. The number of β-amino-alcohol motifs (C(OH)–C–C–N with tert-alkyl or cyclic N) is 1. The highest BCUT2D eigenvalue weighted by atomic mass is 16.3. The summed E-state index contributed by atoms with van der Waals surface area (Å²) in [6.45, 7) is 6.93. The van der Waals surface area contributed by atoms with Crippen LogP contribution >= 0.6 is 0 Å². The normalized spacial score (nSPS) is 33.2. The zero-order valence-corrected chi connectivity index (χ0v) is 8.74. The molecule has 0 saturated carbocycles. The molecule has 1 fully saturated rings. The molecular weight excluding hydrogens is 164 g/mol. The molecule has 1 aliphatic rings. The van der Waals surface area contributed by atoms with Gasteiger partial charge in [-0.25, -0.2) is 0 Å². The van der Waals surface area contributed by atoms with Crippen molar-refractivity contribution in [3.63, 3.8) is 0 Å². The van der Waals surface area contributed by atoms with Crippen LogP contribution in [-0.4, -0.2) is 41.8 Å². The minimum absolute atomic E-state index is 0.216. The summed E-state index contributed by atoms with van der Waals surface area (Å²) in [7, 11) is 0. The van der Waals surface area contributed by atoms with Crippen LogP contribution in [0.1, 0.15) is 26.7 Å². The Morgan fingerprint density at radius 2 is 2.31 bits per heavy atom. The lowest BCUT2D eigenvalue weighted by Gasteiger charge is -2.37. The molecule has 0 aromatic heterocycles. The van der Waals surface area contributed by atoms with Gasteiger partial charge in [0.05, 0.1) is 6.10 Å². The maximum absolute atomic E-state index is 9.26. The number of hydrogen-bond donors (Lipinski definition) is 2. The standard InChI is InChI=1S/C10H22N2O/c1-3-9-7-12(6-8(2)13)5-4-10(9)11/h8-10,13H,3-7,11H2,1-2H3/t8-,9?,10?/m0/s1. The monoisotopic (exact) mass is 186 g/mol. The molecule has 3 nitrogen and oxygen atoms in total. The number of aliphatic hydroxyl groups excluding tert-OH is 1. The number of aliphatic hydroxyl groups is 1. The zero-order valence-electron chi connectivity index (χ0n) is 8.74. The van der Waals surface area contributed by atoms with Crippen LogP contribution in [0.2, 0.25) is 0 Å². The Balaban J connectivity index is 2.36. The number of likely N-dealkylation sites (tertiary alicyclic amines) is 1. The van der Waals surface area contributed by atoms with E-state index in [2.05, 4.69) is 11.8 Å². The van der Waals surface area contributed by atoms with Gasteiger partial charge in [-0.3, -0.25) is 0 Å². The third-order valence-corrected chi connectivity index (χ3v) is 2.92. The van der Waals surface area contributed by atoms with E-state index in [4.69, 9.17) is 5.73 Å². The lowest BCUT2D eigenvalue weighted by atomic mass is 9.90. The Labute approximate surface area is 80.9 Å². The van der Waals surface area contributed by atoms with Crippen molar-refractivity contribution >= 4 is 0 Å². The van der Waals surface area contributed by atoms with Crippen LogP contribution in [0.3, 0.4) is 0 Å². The van der Waals surface area contributed by atoms with Crippen LogP contribution in [0, 0.1) is 5.92 Å². The summed E-state index contributed by atoms with van der Waals surface area (Å²) < 4.78 is 0. The third kappa shape index (κ3) is 3.25. The molecule has 2 unspecified atom stereocenters. The van der Waals surface area contributed by atoms with E-state index in [9.17, 15) is 5.11 Å². The second kappa shape index (κ2) is 4.94. The Kier molecular flexibility index (Phi) is 4.16. The average molecular weight is 186 g/mol. The topological polar surface area (TPSA) is 49.5 Å². The predicted octanol–water partition coefficient (Wildman–Crippen LogP) is 0.426. The fourth-order valence-electron chi connectivity index (χ4n) is 2.10. The van der Waals surface area contributed by atoms with Crippen LogP contribution < -0.4 is 5.73 Å². The molecule has 78 valence electrons. The van der Waals surface area contributed by atoms with Gasteiger partial charge in [-0.2, -0.15) is 0 Å². The van der Waals surface area contributed by atoms with Gasteiger partial charge in [0.2, 0.25) is 0 Å². The first-order chi connectivity index (χ1) is 6.13. The van der Waals surface area contributed by atoms with Gasteiger partial charge < -0.3 is 15.7 Å². The van der Waals surface area contributed by atoms with E-state index in [0.29, 0.717) is 12.0 Å². The molecule has 1 rings (SSSR count). The molecule has 0 aliphatic carbocycles. The van der Waals surface area contributed by atoms with Crippen LogP contribution in [0.15, 0.2) is 0 Å². The molecule has 1 heterocycles. The van der Waals surface area contributed by atoms with Gasteiger partial charge in [0, 0.05) is 19.1 Å². The number of rotatable bonds is 3. The van der Waals surface area contributed by atoms with Crippen molar-refractivity contribution in [3.8, 4) is 0 Å². The highest BCUT2D eigenvalue weighted by molar-refractivity contribution is 4.82. The number of nitrogens with zero attached hydrogens (tertiary/aromatic N) is 1. The average Bonchev–Trinajstić information content (AvgIpc) is 2.07. The Morgan fingerprint density at radius 1 is 1.62 bits per heavy atom. The van der Waals surface area contributed by atoms with Gasteiger partial charge in [0.25, 0.3) is 0 Å². The van der Waals surface area contributed by atoms with Crippen LogP contribution in [0.25, 0.3) is 0 Å². The first-order valence-electron chi connectivity index (χ1n) is 5.29. The van der Waals surface area contributed by atoms with Crippen LogP contribution in [0.4, 0.5) is 0 Å². The van der Waals surface area contributed by atoms with E-state index in [-0.39, 0.29) is 6.10 Å². The third-order valence-electron chi connectivity index (χ3n) is 2.92. The summed E-state index contributed by atoms with van der Waals surface area (Å²) in [6.07, 6.45) is 2.01. The maximum atomic E-state index is 9.26. The minimum Gasteiger partial charge on any atom is -0.392 e. The molecule has 13 heavy (non-hydrogen) atoms. The summed E-state index contributed by atoms with van der Waals surface area (Å²) in [5, 5.41) is 9.26. The van der Waals surface area contributed by atoms with Crippen molar-refractivity contribution in [3.05, 3.63) is 0 Å². The van der Waals surface area contributed by atoms with Crippen molar-refractivity contribution < 1.29 is 5.11 Å². The Hall–Kier alpha value is -0.120. The molecule has 0 amide bonds. The van der Waals surface area contributed by atoms with E-state index in [1.54, 1.807) is 0 Å². The molecule has 3 N–H and O–H groups in total. The van der Waals surface area contributed by atoms with Gasteiger partial charge in [0.15, 0.2) is 0 Å². The van der Waals surface area contributed by atoms with Crippen molar-refractivity contribution in [1.29, 1.82) is 0 Å². The van der Waals surface area contributed by atoms with Crippen molar-refractivity contribution in [2.75, 3.05) is 19.6 Å². The quantitative estimate of drug-likeness (QED) is 0.672. The molecule has 0 radical (unpaired) electrons. The van der Waals surface area contributed by atoms with Crippen LogP contribution in [0.5, 0.6) is 0 Å². The van der Waals surface area contributed by atoms with E-state index >= 15 is 0 Å². The summed E-state index contributed by atoms with van der Waals surface area (Å²) in [4.78, 5) is 2.32. The molecule has 3 heteroatoms. The lowest BCUT2D eigenvalue weighted by Crippen LogP contribution is -2.48. The molecule has 1 aliphatic heterocycles. The molecule has 0 bridgehead atoms. The SMILES string of the molecule is CCC1CN(C[C@H](C)O)CCC1N. The first kappa shape index (κ1) is 11.0. The van der Waals surface area contributed by atoms with Gasteiger partial charge in [0.1, 0.15) is 0 Å². The number of piperidine rings is 1. The largest absolute Gasteiger partial charge is 0.392 e. The van der Waals surface area contributed by atoms with E-state index in [0.717, 1.165) is 32.5 Å². The van der Waals surface area contributed by atoms with Crippen LogP contribution in [-0.2, 0) is 0 Å². The van der Waals surface area contributed by atoms with E-state index in [1.165, 1.54) is 0 Å². The highest BCUT2D eigenvalue weighted by Gasteiger charge is 2.25. The molecule has 1 saturated heterocycles. The second-order valence-electron chi connectivity index (χ2n) is 4.23. The number of hydrogen-bond acceptors (Lipinski definition) is 3. The van der Waals surface area contributed by atoms with Gasteiger partial charge in [-0.1, -0.05) is 13.3 Å². The van der Waals surface area contributed by atoms with Crippen molar-refractivity contribution in [1.82, 2.24) is 4.90 Å². The Morgan fingerprint density at radius 3 is 2.85 bits per heavy atom. The van der Waals surface area contributed by atoms with Gasteiger partial charge >= 0.3 is 0 Å². The number of nitrogens with two attached hydrogens (primary N) is 1. The van der Waals surface area contributed by atoms with Gasteiger partial charge in [-0.05, 0) is 25.8 Å². The zero-order chi connectivity index (χ0) is 9.84. The Bertz CT molecular complexity index is 150. The van der Waals surface area contributed by atoms with Crippen molar-refractivity contribution in [2.45, 2.75) is 38.8 Å². The maximum Gasteiger partial charge on any atom is 0.0639 e. The van der Waals surface area contributed by atoms with E-state index in [1.807, 2.05) is 6.92 Å². The minimum atomic E-state index is -0.216. The first-order valence-corrected chi connectivity index (χ1v) is 5.29. The second-order valence-corrected chi connectivity index (χ2v) is 4.23. The molecule has 0 spiro atoms. The van der Waals surface area contributed by atoms with Crippen molar-refractivity contribution in [2.24, 2.45) is 11.7 Å². The fraction of sp³-hybridized carbons (Fsp3) is 1.00. The molecule has 0 aromatic rings. The smallest absolute Gasteiger partial charge is 0.0639 e.